The molecule has 8 heteroatoms. The molecule has 0 fully saturated rings. The fraction of sp³-hybridized carbons (Fsp3) is 0.158. The molecule has 0 spiro atoms. The van der Waals surface area contributed by atoms with Crippen LogP contribution in [0.15, 0.2) is 42.5 Å². The van der Waals surface area contributed by atoms with E-state index in [-0.39, 0.29) is 11.7 Å². The van der Waals surface area contributed by atoms with Gasteiger partial charge in [-0.2, -0.15) is 0 Å². The Hall–Kier alpha value is -3.03. The topological polar surface area (TPSA) is 121 Å². The molecule has 1 heterocycles. The zero-order valence-corrected chi connectivity index (χ0v) is 15.5. The second kappa shape index (κ2) is 7.69. The predicted molar refractivity (Wildman–Crippen MR) is 106 cm³/mol. The standard InChI is InChI=1S/C19H20ClN5O2/c1-25(19(22)23)18(26)15-8-13-14(20)6-7-16(17(13)24-15)27-10-12-5-3-2-4-11(12)9-21/h2-8,24H,9-10,21H2,1H3,(H3,22,23). The van der Waals surface area contributed by atoms with Crippen molar-refractivity contribution in [3.05, 3.63) is 64.3 Å². The van der Waals surface area contributed by atoms with Gasteiger partial charge < -0.3 is 21.2 Å². The number of fused-ring (bicyclic) bond motifs is 1. The summed E-state index contributed by atoms with van der Waals surface area (Å²) in [6, 6.07) is 12.9. The Kier molecular flexibility index (Phi) is 5.34. The fourth-order valence-corrected chi connectivity index (χ4v) is 2.95. The molecule has 1 amide bonds. The number of amides is 1. The molecule has 0 unspecified atom stereocenters. The van der Waals surface area contributed by atoms with Crippen molar-refractivity contribution in [1.82, 2.24) is 9.88 Å². The van der Waals surface area contributed by atoms with Gasteiger partial charge in [-0.3, -0.25) is 15.1 Å². The van der Waals surface area contributed by atoms with Gasteiger partial charge in [0.15, 0.2) is 5.96 Å². The summed E-state index contributed by atoms with van der Waals surface area (Å²) in [6.07, 6.45) is 0. The van der Waals surface area contributed by atoms with Gasteiger partial charge in [-0.1, -0.05) is 35.9 Å². The maximum Gasteiger partial charge on any atom is 0.276 e. The van der Waals surface area contributed by atoms with E-state index in [9.17, 15) is 4.79 Å². The van der Waals surface area contributed by atoms with E-state index in [0.29, 0.717) is 34.8 Å². The highest BCUT2D eigenvalue weighted by molar-refractivity contribution is 6.35. The predicted octanol–water partition coefficient (Wildman–Crippen LogP) is 2.82. The fourth-order valence-electron chi connectivity index (χ4n) is 2.74. The van der Waals surface area contributed by atoms with Gasteiger partial charge >= 0.3 is 0 Å². The first-order valence-electron chi connectivity index (χ1n) is 8.25. The third-order valence-corrected chi connectivity index (χ3v) is 4.65. The van der Waals surface area contributed by atoms with Crippen molar-refractivity contribution in [1.29, 1.82) is 5.41 Å². The van der Waals surface area contributed by atoms with Gasteiger partial charge in [0.25, 0.3) is 5.91 Å². The molecule has 0 aliphatic carbocycles. The van der Waals surface area contributed by atoms with Crippen molar-refractivity contribution >= 4 is 34.4 Å². The van der Waals surface area contributed by atoms with Crippen LogP contribution in [0.1, 0.15) is 21.6 Å². The second-order valence-electron chi connectivity index (χ2n) is 6.03. The Labute approximate surface area is 161 Å². The van der Waals surface area contributed by atoms with E-state index >= 15 is 0 Å². The summed E-state index contributed by atoms with van der Waals surface area (Å²) >= 11 is 6.27. The lowest BCUT2D eigenvalue weighted by Crippen LogP contribution is -2.38. The molecule has 0 aliphatic rings. The van der Waals surface area contributed by atoms with E-state index in [1.807, 2.05) is 24.3 Å². The van der Waals surface area contributed by atoms with Gasteiger partial charge in [-0.15, -0.1) is 0 Å². The molecule has 27 heavy (non-hydrogen) atoms. The zero-order valence-electron chi connectivity index (χ0n) is 14.8. The molecule has 3 aromatic rings. The van der Waals surface area contributed by atoms with Gasteiger partial charge in [-0.25, -0.2) is 0 Å². The third kappa shape index (κ3) is 3.74. The lowest BCUT2D eigenvalue weighted by atomic mass is 10.1. The highest BCUT2D eigenvalue weighted by Gasteiger charge is 2.19. The van der Waals surface area contributed by atoms with Crippen molar-refractivity contribution in [2.24, 2.45) is 11.5 Å². The average Bonchev–Trinajstić information content (AvgIpc) is 3.13. The first kappa shape index (κ1) is 18.8. The summed E-state index contributed by atoms with van der Waals surface area (Å²) in [5.41, 5.74) is 14.0. The Morgan fingerprint density at radius 3 is 2.63 bits per heavy atom. The van der Waals surface area contributed by atoms with Crippen LogP contribution in [0, 0.1) is 5.41 Å². The quantitative estimate of drug-likeness (QED) is 0.398. The Morgan fingerprint density at radius 2 is 1.96 bits per heavy atom. The maximum absolute atomic E-state index is 12.4. The summed E-state index contributed by atoms with van der Waals surface area (Å²) in [5.74, 6) is -0.223. The first-order valence-corrected chi connectivity index (χ1v) is 8.63. The van der Waals surface area contributed by atoms with Gasteiger partial charge in [0.1, 0.15) is 18.1 Å². The number of nitrogens with two attached hydrogens (primary N) is 2. The molecular weight excluding hydrogens is 366 g/mol. The van der Waals surface area contributed by atoms with Crippen molar-refractivity contribution in [2.75, 3.05) is 7.05 Å². The normalized spacial score (nSPS) is 10.8. The Morgan fingerprint density at radius 1 is 1.26 bits per heavy atom. The van der Waals surface area contributed by atoms with Crippen LogP contribution < -0.4 is 16.2 Å². The monoisotopic (exact) mass is 385 g/mol. The molecule has 0 bridgehead atoms. The number of aromatic amines is 1. The highest BCUT2D eigenvalue weighted by Crippen LogP contribution is 2.32. The molecular formula is C19H20ClN5O2. The van der Waals surface area contributed by atoms with Crippen LogP contribution in [-0.2, 0) is 13.2 Å². The second-order valence-corrected chi connectivity index (χ2v) is 6.44. The molecule has 6 N–H and O–H groups in total. The number of guanidine groups is 1. The summed E-state index contributed by atoms with van der Waals surface area (Å²) in [6.45, 7) is 0.758. The van der Waals surface area contributed by atoms with Crippen LogP contribution in [-0.4, -0.2) is 28.8 Å². The first-order chi connectivity index (χ1) is 12.9. The largest absolute Gasteiger partial charge is 0.487 e. The van der Waals surface area contributed by atoms with Gasteiger partial charge in [0.05, 0.1) is 10.5 Å². The lowest BCUT2D eigenvalue weighted by Gasteiger charge is -2.13. The number of rotatable bonds is 5. The van der Waals surface area contributed by atoms with Gasteiger partial charge in [0, 0.05) is 19.0 Å². The Bertz CT molecular complexity index is 1010. The minimum absolute atomic E-state index is 0.267. The number of aromatic nitrogens is 1. The molecule has 3 rings (SSSR count). The van der Waals surface area contributed by atoms with E-state index in [1.54, 1.807) is 18.2 Å². The van der Waals surface area contributed by atoms with E-state index < -0.39 is 5.91 Å². The molecule has 0 radical (unpaired) electrons. The van der Waals surface area contributed by atoms with Gasteiger partial charge in [0.2, 0.25) is 0 Å². The number of halogens is 1. The van der Waals surface area contributed by atoms with Crippen LogP contribution in [0.4, 0.5) is 0 Å². The maximum atomic E-state index is 12.4. The van der Waals surface area contributed by atoms with Crippen LogP contribution in [0.5, 0.6) is 5.75 Å². The molecule has 0 atom stereocenters. The number of benzene rings is 2. The van der Waals surface area contributed by atoms with E-state index in [4.69, 9.17) is 33.2 Å². The minimum Gasteiger partial charge on any atom is -0.487 e. The molecule has 0 saturated carbocycles. The molecule has 2 aromatic carbocycles. The molecule has 0 saturated heterocycles. The van der Waals surface area contributed by atoms with Crippen LogP contribution in [0.3, 0.4) is 0 Å². The van der Waals surface area contributed by atoms with E-state index in [1.165, 1.54) is 7.05 Å². The molecule has 7 nitrogen and oxygen atoms in total. The van der Waals surface area contributed by atoms with Crippen LogP contribution in [0.2, 0.25) is 5.02 Å². The molecule has 1 aromatic heterocycles. The van der Waals surface area contributed by atoms with Crippen LogP contribution in [0.25, 0.3) is 10.9 Å². The average molecular weight is 386 g/mol. The number of hydrogen-bond acceptors (Lipinski definition) is 4. The highest BCUT2D eigenvalue weighted by atomic mass is 35.5. The third-order valence-electron chi connectivity index (χ3n) is 4.32. The number of ether oxygens (including phenoxy) is 1. The number of nitrogens with zero attached hydrogens (tertiary/aromatic N) is 1. The summed E-state index contributed by atoms with van der Waals surface area (Å²) in [7, 11) is 1.43. The van der Waals surface area contributed by atoms with Crippen molar-refractivity contribution < 1.29 is 9.53 Å². The number of carbonyl (C=O) groups excluding carboxylic acids is 1. The SMILES string of the molecule is CN(C(=N)N)C(=O)c1cc2c(Cl)ccc(OCc3ccccc3CN)c2[nH]1. The smallest absolute Gasteiger partial charge is 0.276 e. The lowest BCUT2D eigenvalue weighted by molar-refractivity contribution is 0.0864. The van der Waals surface area contributed by atoms with Crippen molar-refractivity contribution in [3.8, 4) is 5.75 Å². The number of H-pyrrole nitrogens is 1. The van der Waals surface area contributed by atoms with Gasteiger partial charge in [-0.05, 0) is 29.3 Å². The number of hydrogen-bond donors (Lipinski definition) is 4. The van der Waals surface area contributed by atoms with Crippen LogP contribution >= 0.6 is 11.6 Å². The number of carbonyl (C=O) groups is 1. The molecule has 140 valence electrons. The summed E-state index contributed by atoms with van der Waals surface area (Å²) < 4.78 is 5.97. The zero-order chi connectivity index (χ0) is 19.6. The molecule has 0 aliphatic heterocycles. The van der Waals surface area contributed by atoms with Crippen molar-refractivity contribution in [3.63, 3.8) is 0 Å². The van der Waals surface area contributed by atoms with E-state index in [2.05, 4.69) is 4.98 Å². The summed E-state index contributed by atoms with van der Waals surface area (Å²) in [5, 5.41) is 8.55. The Balaban J connectivity index is 1.93. The number of nitrogens with one attached hydrogen (secondary N) is 2. The minimum atomic E-state index is -0.436. The van der Waals surface area contributed by atoms with Crippen molar-refractivity contribution in [2.45, 2.75) is 13.2 Å². The summed E-state index contributed by atoms with van der Waals surface area (Å²) in [4.78, 5) is 16.5. The van der Waals surface area contributed by atoms with E-state index in [0.717, 1.165) is 16.0 Å².